The lowest BCUT2D eigenvalue weighted by atomic mass is 10.2. The van der Waals surface area contributed by atoms with Crippen LogP contribution in [0.1, 0.15) is 6.42 Å². The maximum absolute atomic E-state index is 9.10. The van der Waals surface area contributed by atoms with Gasteiger partial charge >= 0.3 is 0 Å². The molecule has 12 heavy (non-hydrogen) atoms. The van der Waals surface area contributed by atoms with Gasteiger partial charge in [0.05, 0.1) is 25.1 Å². The summed E-state index contributed by atoms with van der Waals surface area (Å²) >= 11 is 0. The van der Waals surface area contributed by atoms with Crippen LogP contribution in [0.3, 0.4) is 0 Å². The van der Waals surface area contributed by atoms with Crippen molar-refractivity contribution in [3.8, 4) is 0 Å². The van der Waals surface area contributed by atoms with E-state index in [9.17, 15) is 0 Å². The summed E-state index contributed by atoms with van der Waals surface area (Å²) in [5.74, 6) is -0.0624. The lowest BCUT2D eigenvalue weighted by Crippen LogP contribution is -2.04. The van der Waals surface area contributed by atoms with Crippen LogP contribution in [0.15, 0.2) is 24.0 Å². The van der Waals surface area contributed by atoms with Gasteiger partial charge in [0, 0.05) is 6.42 Å². The molecule has 4 heteroatoms. The summed E-state index contributed by atoms with van der Waals surface area (Å²) in [6.45, 7) is -0.385. The van der Waals surface area contributed by atoms with Crippen LogP contribution < -0.4 is 0 Å². The summed E-state index contributed by atoms with van der Waals surface area (Å²) in [5.41, 5.74) is 0. The van der Waals surface area contributed by atoms with E-state index in [-0.39, 0.29) is 25.4 Å². The van der Waals surface area contributed by atoms with Crippen molar-refractivity contribution >= 4 is 0 Å². The molecule has 70 valence electrons. The molecule has 1 unspecified atom stereocenters. The summed E-state index contributed by atoms with van der Waals surface area (Å²) in [5, 5.41) is 34.7. The first kappa shape index (κ1) is 11.2. The Kier molecular flexibility index (Phi) is 6.37. The van der Waals surface area contributed by atoms with Gasteiger partial charge in [-0.2, -0.15) is 0 Å². The van der Waals surface area contributed by atoms with Crippen LogP contribution in [-0.4, -0.2) is 39.7 Å². The number of hydrogen-bond acceptors (Lipinski definition) is 4. The second-order valence-corrected chi connectivity index (χ2v) is 2.26. The fraction of sp³-hybridized carbons (Fsp3) is 0.500. The van der Waals surface area contributed by atoms with Gasteiger partial charge < -0.3 is 20.4 Å². The van der Waals surface area contributed by atoms with Crippen molar-refractivity contribution in [1.29, 1.82) is 0 Å². The summed E-state index contributed by atoms with van der Waals surface area (Å²) in [6.07, 6.45) is 3.20. The Morgan fingerprint density at radius 2 is 1.92 bits per heavy atom. The summed E-state index contributed by atoms with van der Waals surface area (Å²) in [4.78, 5) is 0. The van der Waals surface area contributed by atoms with E-state index in [4.69, 9.17) is 20.4 Å². The first-order valence-electron chi connectivity index (χ1n) is 3.65. The van der Waals surface area contributed by atoms with Crippen molar-refractivity contribution in [3.63, 3.8) is 0 Å². The van der Waals surface area contributed by atoms with Gasteiger partial charge in [0.1, 0.15) is 0 Å². The highest BCUT2D eigenvalue weighted by atomic mass is 16.3. The minimum atomic E-state index is -0.819. The van der Waals surface area contributed by atoms with E-state index in [1.807, 2.05) is 0 Å². The minimum Gasteiger partial charge on any atom is -0.512 e. The first-order valence-corrected chi connectivity index (χ1v) is 3.65. The van der Waals surface area contributed by atoms with Gasteiger partial charge in [0.25, 0.3) is 0 Å². The van der Waals surface area contributed by atoms with E-state index in [1.165, 1.54) is 18.2 Å². The summed E-state index contributed by atoms with van der Waals surface area (Å²) < 4.78 is 0. The maximum atomic E-state index is 9.10. The van der Waals surface area contributed by atoms with Gasteiger partial charge in [-0.3, -0.25) is 0 Å². The molecule has 1 atom stereocenters. The topological polar surface area (TPSA) is 80.9 Å². The SMILES string of the molecule is OCC=CC(O)CC(O)=CCO. The molecule has 0 rings (SSSR count). The van der Waals surface area contributed by atoms with E-state index in [2.05, 4.69) is 0 Å². The van der Waals surface area contributed by atoms with Crippen LogP contribution in [0.5, 0.6) is 0 Å². The molecule has 0 amide bonds. The van der Waals surface area contributed by atoms with Gasteiger partial charge in [-0.25, -0.2) is 0 Å². The monoisotopic (exact) mass is 174 g/mol. The van der Waals surface area contributed by atoms with Crippen LogP contribution in [0.4, 0.5) is 0 Å². The van der Waals surface area contributed by atoms with Gasteiger partial charge in [-0.05, 0) is 6.08 Å². The average Bonchev–Trinajstić information content (AvgIpc) is 2.01. The Balaban J connectivity index is 3.75. The Morgan fingerprint density at radius 3 is 2.42 bits per heavy atom. The largest absolute Gasteiger partial charge is 0.512 e. The molecule has 0 spiro atoms. The summed E-state index contributed by atoms with van der Waals surface area (Å²) in [6, 6.07) is 0. The molecule has 0 saturated carbocycles. The molecule has 4 N–H and O–H groups in total. The van der Waals surface area contributed by atoms with Crippen LogP contribution in [0.2, 0.25) is 0 Å². The molecule has 0 fully saturated rings. The molecule has 0 bridgehead atoms. The zero-order valence-corrected chi connectivity index (χ0v) is 6.72. The third-order valence-electron chi connectivity index (χ3n) is 1.21. The molecule has 0 aromatic carbocycles. The molecule has 0 aliphatic heterocycles. The van der Waals surface area contributed by atoms with E-state index in [0.29, 0.717) is 0 Å². The Labute approximate surface area is 71.1 Å². The lowest BCUT2D eigenvalue weighted by Gasteiger charge is -2.03. The Bertz CT molecular complexity index is 162. The van der Waals surface area contributed by atoms with Crippen molar-refractivity contribution in [2.45, 2.75) is 12.5 Å². The van der Waals surface area contributed by atoms with E-state index >= 15 is 0 Å². The molecule has 4 nitrogen and oxygen atoms in total. The van der Waals surface area contributed by atoms with Crippen LogP contribution in [0, 0.1) is 0 Å². The zero-order valence-electron chi connectivity index (χ0n) is 6.72. The molecule has 0 heterocycles. The highest BCUT2D eigenvalue weighted by Crippen LogP contribution is 2.02. The van der Waals surface area contributed by atoms with Gasteiger partial charge in [0.15, 0.2) is 0 Å². The predicted molar refractivity (Wildman–Crippen MR) is 44.6 cm³/mol. The fourth-order valence-electron chi connectivity index (χ4n) is 0.689. The molecular weight excluding hydrogens is 160 g/mol. The minimum absolute atomic E-state index is 0.0526. The molecule has 0 aliphatic carbocycles. The van der Waals surface area contributed by atoms with Crippen molar-refractivity contribution < 1.29 is 20.4 Å². The normalized spacial score (nSPS) is 15.4. The fourth-order valence-corrected chi connectivity index (χ4v) is 0.689. The van der Waals surface area contributed by atoms with E-state index in [1.54, 1.807) is 0 Å². The lowest BCUT2D eigenvalue weighted by molar-refractivity contribution is 0.199. The number of rotatable bonds is 5. The van der Waals surface area contributed by atoms with Crippen molar-refractivity contribution in [1.82, 2.24) is 0 Å². The van der Waals surface area contributed by atoms with Crippen molar-refractivity contribution in [2.75, 3.05) is 13.2 Å². The van der Waals surface area contributed by atoms with Crippen molar-refractivity contribution in [2.24, 2.45) is 0 Å². The van der Waals surface area contributed by atoms with Gasteiger partial charge in [-0.15, -0.1) is 0 Å². The average molecular weight is 174 g/mol. The smallest absolute Gasteiger partial charge is 0.0934 e. The van der Waals surface area contributed by atoms with Gasteiger partial charge in [0.2, 0.25) is 0 Å². The second-order valence-electron chi connectivity index (χ2n) is 2.26. The molecular formula is C8H14O4. The van der Waals surface area contributed by atoms with Crippen LogP contribution >= 0.6 is 0 Å². The Morgan fingerprint density at radius 1 is 1.25 bits per heavy atom. The first-order chi connectivity index (χ1) is 5.70. The highest BCUT2D eigenvalue weighted by Gasteiger charge is 2.01. The third kappa shape index (κ3) is 5.91. The third-order valence-corrected chi connectivity index (χ3v) is 1.21. The molecule has 0 radical (unpaired) electrons. The number of aliphatic hydroxyl groups is 4. The maximum Gasteiger partial charge on any atom is 0.0934 e. The molecule has 0 aliphatic rings. The zero-order chi connectivity index (χ0) is 9.40. The van der Waals surface area contributed by atoms with Crippen LogP contribution in [-0.2, 0) is 0 Å². The number of hydrogen-bond donors (Lipinski definition) is 4. The Hall–Kier alpha value is -0.840. The quantitative estimate of drug-likeness (QED) is 0.341. The van der Waals surface area contributed by atoms with Crippen LogP contribution in [0.25, 0.3) is 0 Å². The second kappa shape index (κ2) is 6.84. The van der Waals surface area contributed by atoms with E-state index in [0.717, 1.165) is 0 Å². The molecule has 0 aromatic heterocycles. The molecule has 0 aromatic rings. The van der Waals surface area contributed by atoms with Gasteiger partial charge in [-0.1, -0.05) is 12.2 Å². The standard InChI is InChI=1S/C8H14O4/c9-4-1-2-7(11)6-8(12)3-5-10/h1-3,7,9-12H,4-6H2. The van der Waals surface area contributed by atoms with Crippen molar-refractivity contribution in [3.05, 3.63) is 24.0 Å². The highest BCUT2D eigenvalue weighted by molar-refractivity contribution is 4.98. The summed E-state index contributed by atoms with van der Waals surface area (Å²) in [7, 11) is 0. The molecule has 0 saturated heterocycles. The predicted octanol–water partition coefficient (Wildman–Crippen LogP) is -0.280. The van der Waals surface area contributed by atoms with E-state index < -0.39 is 6.10 Å². The number of aliphatic hydroxyl groups excluding tert-OH is 4.